The van der Waals surface area contributed by atoms with E-state index in [9.17, 15) is 4.79 Å². The summed E-state index contributed by atoms with van der Waals surface area (Å²) in [6.07, 6.45) is 1.35. The molecule has 0 saturated heterocycles. The van der Waals surface area contributed by atoms with Crippen LogP contribution in [0.4, 0.5) is 0 Å². The summed E-state index contributed by atoms with van der Waals surface area (Å²) in [5.41, 5.74) is 5.31. The van der Waals surface area contributed by atoms with E-state index in [-0.39, 0.29) is 12.0 Å². The first-order valence-corrected chi connectivity index (χ1v) is 4.21. The molecule has 4 heteroatoms. The fourth-order valence-electron chi connectivity index (χ4n) is 0.856. The van der Waals surface area contributed by atoms with E-state index in [0.717, 1.165) is 13.0 Å². The van der Waals surface area contributed by atoms with E-state index in [1.165, 1.54) is 7.11 Å². The highest BCUT2D eigenvalue weighted by Crippen LogP contribution is 1.92. The van der Waals surface area contributed by atoms with Gasteiger partial charge in [-0.05, 0) is 26.4 Å². The van der Waals surface area contributed by atoms with Crippen molar-refractivity contribution in [1.82, 2.24) is 5.32 Å². The predicted octanol–water partition coefficient (Wildman–Crippen LogP) is -0.124. The lowest BCUT2D eigenvalue weighted by molar-refractivity contribution is -0.141. The van der Waals surface area contributed by atoms with Gasteiger partial charge in [-0.25, -0.2) is 0 Å². The van der Waals surface area contributed by atoms with Crippen LogP contribution in [0.1, 0.15) is 19.8 Å². The maximum Gasteiger partial charge on any atom is 0.307 e. The molecule has 0 saturated carbocycles. The summed E-state index contributed by atoms with van der Waals surface area (Å²) in [5, 5.41) is 3.17. The molecule has 0 rings (SSSR count). The van der Waals surface area contributed by atoms with Crippen molar-refractivity contribution in [2.45, 2.75) is 25.8 Å². The fraction of sp³-hybridized carbons (Fsp3) is 0.875. The van der Waals surface area contributed by atoms with Crippen molar-refractivity contribution in [3.63, 3.8) is 0 Å². The van der Waals surface area contributed by atoms with E-state index in [2.05, 4.69) is 10.1 Å². The van der Waals surface area contributed by atoms with Gasteiger partial charge in [0.05, 0.1) is 13.5 Å². The normalized spacial score (nSPS) is 12.6. The SMILES string of the molecule is COC(=O)CC(C)NCCCN. The van der Waals surface area contributed by atoms with Gasteiger partial charge in [0.1, 0.15) is 0 Å². The minimum absolute atomic E-state index is 0.170. The molecule has 0 bridgehead atoms. The van der Waals surface area contributed by atoms with Crippen molar-refractivity contribution in [1.29, 1.82) is 0 Å². The van der Waals surface area contributed by atoms with Crippen molar-refractivity contribution in [3.8, 4) is 0 Å². The van der Waals surface area contributed by atoms with Crippen molar-refractivity contribution >= 4 is 5.97 Å². The first-order chi connectivity index (χ1) is 5.70. The standard InChI is InChI=1S/C8H18N2O2/c1-7(6-8(11)12-2)10-5-3-4-9/h7,10H,3-6,9H2,1-2H3. The third kappa shape index (κ3) is 6.12. The van der Waals surface area contributed by atoms with E-state index < -0.39 is 0 Å². The molecule has 12 heavy (non-hydrogen) atoms. The van der Waals surface area contributed by atoms with Crippen LogP contribution in [0.3, 0.4) is 0 Å². The Labute approximate surface area is 73.5 Å². The Kier molecular flexibility index (Phi) is 6.70. The van der Waals surface area contributed by atoms with Crippen molar-refractivity contribution in [2.75, 3.05) is 20.2 Å². The number of ether oxygens (including phenoxy) is 1. The molecule has 1 unspecified atom stereocenters. The van der Waals surface area contributed by atoms with Crippen LogP contribution in [0.15, 0.2) is 0 Å². The van der Waals surface area contributed by atoms with Gasteiger partial charge in [0.25, 0.3) is 0 Å². The molecule has 0 aromatic rings. The largest absolute Gasteiger partial charge is 0.469 e. The predicted molar refractivity (Wildman–Crippen MR) is 47.8 cm³/mol. The van der Waals surface area contributed by atoms with Crippen molar-refractivity contribution in [2.24, 2.45) is 5.73 Å². The smallest absolute Gasteiger partial charge is 0.307 e. The van der Waals surface area contributed by atoms with E-state index >= 15 is 0 Å². The molecule has 0 fully saturated rings. The number of nitrogens with one attached hydrogen (secondary N) is 1. The molecule has 0 aliphatic rings. The molecule has 72 valence electrons. The number of hydrogen-bond acceptors (Lipinski definition) is 4. The average Bonchev–Trinajstić information content (AvgIpc) is 2.05. The van der Waals surface area contributed by atoms with Gasteiger partial charge in [0, 0.05) is 6.04 Å². The van der Waals surface area contributed by atoms with Crippen LogP contribution in [-0.2, 0) is 9.53 Å². The summed E-state index contributed by atoms with van der Waals surface area (Å²) in [4.78, 5) is 10.8. The number of carbonyl (C=O) groups is 1. The quantitative estimate of drug-likeness (QED) is 0.435. The van der Waals surface area contributed by atoms with Gasteiger partial charge < -0.3 is 15.8 Å². The molecule has 0 aromatic carbocycles. The highest BCUT2D eigenvalue weighted by Gasteiger charge is 2.06. The lowest BCUT2D eigenvalue weighted by Gasteiger charge is -2.11. The summed E-state index contributed by atoms with van der Waals surface area (Å²) in [6.45, 7) is 3.49. The molecule has 0 aromatic heterocycles. The third-order valence-corrected chi connectivity index (χ3v) is 1.57. The number of nitrogens with two attached hydrogens (primary N) is 1. The van der Waals surface area contributed by atoms with Crippen LogP contribution < -0.4 is 11.1 Å². The van der Waals surface area contributed by atoms with Gasteiger partial charge in [-0.2, -0.15) is 0 Å². The second-order valence-electron chi connectivity index (χ2n) is 2.78. The van der Waals surface area contributed by atoms with Crippen LogP contribution in [-0.4, -0.2) is 32.2 Å². The van der Waals surface area contributed by atoms with E-state index in [4.69, 9.17) is 5.73 Å². The Morgan fingerprint density at radius 2 is 2.33 bits per heavy atom. The second kappa shape index (κ2) is 7.06. The van der Waals surface area contributed by atoms with Gasteiger partial charge in [-0.3, -0.25) is 4.79 Å². The molecule has 0 heterocycles. The Morgan fingerprint density at radius 1 is 1.67 bits per heavy atom. The van der Waals surface area contributed by atoms with E-state index in [1.807, 2.05) is 6.92 Å². The van der Waals surface area contributed by atoms with Gasteiger partial charge in [-0.1, -0.05) is 0 Å². The highest BCUT2D eigenvalue weighted by atomic mass is 16.5. The van der Waals surface area contributed by atoms with Crippen molar-refractivity contribution in [3.05, 3.63) is 0 Å². The zero-order valence-corrected chi connectivity index (χ0v) is 7.80. The lowest BCUT2D eigenvalue weighted by Crippen LogP contribution is -2.30. The number of hydrogen-bond donors (Lipinski definition) is 2. The molecule has 1 atom stereocenters. The molecule has 0 radical (unpaired) electrons. The van der Waals surface area contributed by atoms with Gasteiger partial charge in [0.15, 0.2) is 0 Å². The van der Waals surface area contributed by atoms with Gasteiger partial charge in [-0.15, -0.1) is 0 Å². The summed E-state index contributed by atoms with van der Waals surface area (Å²) in [5.74, 6) is -0.178. The lowest BCUT2D eigenvalue weighted by atomic mass is 10.2. The van der Waals surface area contributed by atoms with Crippen LogP contribution in [0.5, 0.6) is 0 Å². The first-order valence-electron chi connectivity index (χ1n) is 4.21. The maximum absolute atomic E-state index is 10.8. The van der Waals surface area contributed by atoms with E-state index in [1.54, 1.807) is 0 Å². The molecule has 0 spiro atoms. The van der Waals surface area contributed by atoms with Crippen LogP contribution in [0, 0.1) is 0 Å². The average molecular weight is 174 g/mol. The molecule has 4 nitrogen and oxygen atoms in total. The van der Waals surface area contributed by atoms with Crippen molar-refractivity contribution < 1.29 is 9.53 Å². The summed E-state index contributed by atoms with van der Waals surface area (Å²) in [6, 6.07) is 0.170. The summed E-state index contributed by atoms with van der Waals surface area (Å²) < 4.78 is 4.52. The zero-order chi connectivity index (χ0) is 9.40. The Hall–Kier alpha value is -0.610. The molecule has 0 amide bonds. The maximum atomic E-state index is 10.8. The first kappa shape index (κ1) is 11.4. The Balaban J connectivity index is 3.32. The Morgan fingerprint density at radius 3 is 2.83 bits per heavy atom. The van der Waals surface area contributed by atoms with Crippen LogP contribution in [0.2, 0.25) is 0 Å². The van der Waals surface area contributed by atoms with Gasteiger partial charge in [0.2, 0.25) is 0 Å². The van der Waals surface area contributed by atoms with Gasteiger partial charge >= 0.3 is 5.97 Å². The minimum Gasteiger partial charge on any atom is -0.469 e. The fourth-order valence-corrected chi connectivity index (χ4v) is 0.856. The molecular weight excluding hydrogens is 156 g/mol. The third-order valence-electron chi connectivity index (χ3n) is 1.57. The highest BCUT2D eigenvalue weighted by molar-refractivity contribution is 5.69. The zero-order valence-electron chi connectivity index (χ0n) is 7.80. The number of rotatable bonds is 6. The topological polar surface area (TPSA) is 64.3 Å². The summed E-state index contributed by atoms with van der Waals surface area (Å²) in [7, 11) is 1.40. The summed E-state index contributed by atoms with van der Waals surface area (Å²) >= 11 is 0. The van der Waals surface area contributed by atoms with Crippen LogP contribution in [0.25, 0.3) is 0 Å². The minimum atomic E-state index is -0.178. The molecule has 3 N–H and O–H groups in total. The number of carbonyl (C=O) groups excluding carboxylic acids is 1. The number of methoxy groups -OCH3 is 1. The second-order valence-corrected chi connectivity index (χ2v) is 2.78. The Bertz CT molecular complexity index is 128. The van der Waals surface area contributed by atoms with Crippen LogP contribution >= 0.6 is 0 Å². The molecular formula is C8H18N2O2. The number of esters is 1. The van der Waals surface area contributed by atoms with E-state index in [0.29, 0.717) is 13.0 Å². The molecule has 0 aliphatic heterocycles. The molecule has 0 aliphatic carbocycles. The monoisotopic (exact) mass is 174 g/mol.